The van der Waals surface area contributed by atoms with Gasteiger partial charge in [-0.1, -0.05) is 29.8 Å². The monoisotopic (exact) mass is 417 g/mol. The highest BCUT2D eigenvalue weighted by molar-refractivity contribution is 7.90. The van der Waals surface area contributed by atoms with Gasteiger partial charge in [0, 0.05) is 11.9 Å². The second-order valence-corrected chi connectivity index (χ2v) is 9.29. The Kier molecular flexibility index (Phi) is 7.16. The molecule has 7 nitrogen and oxygen atoms in total. The number of carbonyl (C=O) groups is 2. The van der Waals surface area contributed by atoms with Gasteiger partial charge in [0.05, 0.1) is 23.7 Å². The zero-order chi connectivity index (χ0) is 21.8. The first-order chi connectivity index (χ1) is 13.5. The van der Waals surface area contributed by atoms with Crippen molar-refractivity contribution < 1.29 is 18.0 Å². The smallest absolute Gasteiger partial charge is 0.238 e. The highest BCUT2D eigenvalue weighted by Crippen LogP contribution is 2.22. The van der Waals surface area contributed by atoms with Crippen molar-refractivity contribution in [2.24, 2.45) is 0 Å². The van der Waals surface area contributed by atoms with Crippen molar-refractivity contribution in [2.75, 3.05) is 37.0 Å². The molecule has 2 rings (SSSR count). The molecule has 2 aromatic rings. The van der Waals surface area contributed by atoms with Gasteiger partial charge in [-0.2, -0.15) is 0 Å². The van der Waals surface area contributed by atoms with Crippen LogP contribution in [0.1, 0.15) is 16.7 Å². The van der Waals surface area contributed by atoms with E-state index in [1.54, 1.807) is 24.1 Å². The summed E-state index contributed by atoms with van der Waals surface area (Å²) >= 11 is 0. The molecule has 29 heavy (non-hydrogen) atoms. The van der Waals surface area contributed by atoms with Crippen molar-refractivity contribution in [1.82, 2.24) is 4.90 Å². The predicted molar refractivity (Wildman–Crippen MR) is 115 cm³/mol. The maximum Gasteiger partial charge on any atom is 0.238 e. The number of carbonyl (C=O) groups excluding carboxylic acids is 2. The minimum atomic E-state index is -3.46. The van der Waals surface area contributed by atoms with E-state index in [2.05, 4.69) is 10.6 Å². The third-order valence-electron chi connectivity index (χ3n) is 4.33. The van der Waals surface area contributed by atoms with Gasteiger partial charge in [-0.15, -0.1) is 0 Å². The fraction of sp³-hybridized carbons (Fsp3) is 0.333. The van der Waals surface area contributed by atoms with Gasteiger partial charge in [0.2, 0.25) is 11.8 Å². The van der Waals surface area contributed by atoms with Gasteiger partial charge in [0.1, 0.15) is 0 Å². The molecule has 0 aromatic heterocycles. The molecule has 8 heteroatoms. The Bertz CT molecular complexity index is 1010. The lowest BCUT2D eigenvalue weighted by Crippen LogP contribution is -2.36. The topological polar surface area (TPSA) is 95.6 Å². The van der Waals surface area contributed by atoms with E-state index in [0.717, 1.165) is 28.6 Å². The standard InChI is InChI=1S/C21H27N3O4S/c1-14-10-15(2)21(16(3)11-14)23-20(26)13-24(4)12-19(25)22-17-8-6-7-9-18(17)29(5,27)28/h6-11H,12-13H2,1-5H3,(H,22,25)(H,23,26). The maximum absolute atomic E-state index is 12.4. The molecule has 2 aromatic carbocycles. The Morgan fingerprint density at radius 1 is 0.931 bits per heavy atom. The quantitative estimate of drug-likeness (QED) is 0.722. The number of hydrogen-bond acceptors (Lipinski definition) is 5. The molecule has 2 amide bonds. The SMILES string of the molecule is Cc1cc(C)c(NC(=O)CN(C)CC(=O)Nc2ccccc2S(C)(=O)=O)c(C)c1. The molecular weight excluding hydrogens is 390 g/mol. The number of anilines is 2. The van der Waals surface area contributed by atoms with Gasteiger partial charge >= 0.3 is 0 Å². The number of nitrogens with one attached hydrogen (secondary N) is 2. The van der Waals surface area contributed by atoms with Gasteiger partial charge in [-0.25, -0.2) is 8.42 Å². The number of hydrogen-bond donors (Lipinski definition) is 2. The Morgan fingerprint density at radius 2 is 1.45 bits per heavy atom. The maximum atomic E-state index is 12.4. The van der Waals surface area contributed by atoms with Crippen molar-refractivity contribution >= 4 is 33.0 Å². The number of likely N-dealkylation sites (N-methyl/N-ethyl adjacent to an activating group) is 1. The predicted octanol–water partition coefficient (Wildman–Crippen LogP) is 2.52. The van der Waals surface area contributed by atoms with Crippen molar-refractivity contribution in [3.8, 4) is 0 Å². The van der Waals surface area contributed by atoms with Gasteiger partial charge < -0.3 is 10.6 Å². The molecule has 0 saturated carbocycles. The summed E-state index contributed by atoms with van der Waals surface area (Å²) < 4.78 is 23.7. The number of nitrogens with zero attached hydrogens (tertiary/aromatic N) is 1. The lowest BCUT2D eigenvalue weighted by atomic mass is 10.1. The van der Waals surface area contributed by atoms with Crippen molar-refractivity contribution in [2.45, 2.75) is 25.7 Å². The largest absolute Gasteiger partial charge is 0.324 e. The molecular formula is C21H27N3O4S. The van der Waals surface area contributed by atoms with Crippen molar-refractivity contribution in [3.63, 3.8) is 0 Å². The summed E-state index contributed by atoms with van der Waals surface area (Å²) in [5, 5.41) is 5.50. The molecule has 0 bridgehead atoms. The lowest BCUT2D eigenvalue weighted by Gasteiger charge is -2.18. The van der Waals surface area contributed by atoms with Crippen LogP contribution in [0.2, 0.25) is 0 Å². The van der Waals surface area contributed by atoms with E-state index in [1.165, 1.54) is 12.1 Å². The van der Waals surface area contributed by atoms with E-state index in [4.69, 9.17) is 0 Å². The van der Waals surface area contributed by atoms with E-state index >= 15 is 0 Å². The van der Waals surface area contributed by atoms with Crippen LogP contribution in [0.25, 0.3) is 0 Å². The van der Waals surface area contributed by atoms with Crippen molar-refractivity contribution in [3.05, 3.63) is 53.1 Å². The molecule has 0 radical (unpaired) electrons. The van der Waals surface area contributed by atoms with Crippen LogP contribution in [-0.2, 0) is 19.4 Å². The van der Waals surface area contributed by atoms with Crippen LogP contribution in [0.4, 0.5) is 11.4 Å². The number of benzene rings is 2. The van der Waals surface area contributed by atoms with Gasteiger partial charge in [-0.3, -0.25) is 14.5 Å². The lowest BCUT2D eigenvalue weighted by molar-refractivity contribution is -0.119. The first-order valence-corrected chi connectivity index (χ1v) is 11.0. The molecule has 0 spiro atoms. The van der Waals surface area contributed by atoms with Crippen LogP contribution >= 0.6 is 0 Å². The molecule has 0 aliphatic rings. The molecule has 0 atom stereocenters. The first kappa shape index (κ1) is 22.6. The zero-order valence-corrected chi connectivity index (χ0v) is 18.2. The second-order valence-electron chi connectivity index (χ2n) is 7.31. The molecule has 0 unspecified atom stereocenters. The Labute approximate surface area is 172 Å². The minimum Gasteiger partial charge on any atom is -0.324 e. The summed E-state index contributed by atoms with van der Waals surface area (Å²) in [7, 11) is -1.82. The summed E-state index contributed by atoms with van der Waals surface area (Å²) in [5.41, 5.74) is 4.09. The third kappa shape index (κ3) is 6.40. The van der Waals surface area contributed by atoms with Crippen LogP contribution < -0.4 is 10.6 Å². The van der Waals surface area contributed by atoms with Crippen LogP contribution in [0.15, 0.2) is 41.3 Å². The van der Waals surface area contributed by atoms with Gasteiger partial charge in [0.25, 0.3) is 0 Å². The molecule has 0 aliphatic carbocycles. The van der Waals surface area contributed by atoms with Crippen LogP contribution in [-0.4, -0.2) is 51.5 Å². The molecule has 0 fully saturated rings. The fourth-order valence-corrected chi connectivity index (χ4v) is 4.03. The first-order valence-electron chi connectivity index (χ1n) is 9.12. The Hall–Kier alpha value is -2.71. The van der Waals surface area contributed by atoms with Gasteiger partial charge in [-0.05, 0) is 51.1 Å². The molecule has 0 aliphatic heterocycles. The summed E-state index contributed by atoms with van der Waals surface area (Å²) in [6, 6.07) is 10.2. The number of para-hydroxylation sites is 1. The number of amides is 2. The van der Waals surface area contributed by atoms with Crippen LogP contribution in [0.5, 0.6) is 0 Å². The molecule has 0 heterocycles. The number of aryl methyl sites for hydroxylation is 3. The summed E-state index contributed by atoms with van der Waals surface area (Å²) in [5.74, 6) is -0.633. The zero-order valence-electron chi connectivity index (χ0n) is 17.4. The van der Waals surface area contributed by atoms with Crippen LogP contribution in [0.3, 0.4) is 0 Å². The highest BCUT2D eigenvalue weighted by atomic mass is 32.2. The van der Waals surface area contributed by atoms with Gasteiger partial charge in [0.15, 0.2) is 9.84 Å². The number of rotatable bonds is 7. The molecule has 0 saturated heterocycles. The average Bonchev–Trinajstić information content (AvgIpc) is 2.57. The van der Waals surface area contributed by atoms with E-state index in [-0.39, 0.29) is 29.6 Å². The van der Waals surface area contributed by atoms with E-state index in [9.17, 15) is 18.0 Å². The minimum absolute atomic E-state index is 0.0217. The second kappa shape index (κ2) is 9.19. The normalized spacial score (nSPS) is 11.4. The van der Waals surface area contributed by atoms with E-state index in [0.29, 0.717) is 0 Å². The summed E-state index contributed by atoms with van der Waals surface area (Å²) in [6.07, 6.45) is 1.09. The average molecular weight is 418 g/mol. The third-order valence-corrected chi connectivity index (χ3v) is 5.48. The highest BCUT2D eigenvalue weighted by Gasteiger charge is 2.17. The fourth-order valence-electron chi connectivity index (χ4n) is 3.19. The number of sulfone groups is 1. The Morgan fingerprint density at radius 3 is 2.00 bits per heavy atom. The van der Waals surface area contributed by atoms with Crippen LogP contribution in [0, 0.1) is 20.8 Å². The summed E-state index contributed by atoms with van der Waals surface area (Å²) in [6.45, 7) is 5.84. The van der Waals surface area contributed by atoms with E-state index < -0.39 is 15.7 Å². The summed E-state index contributed by atoms with van der Waals surface area (Å²) in [4.78, 5) is 26.3. The molecule has 2 N–H and O–H groups in total. The Balaban J connectivity index is 1.97. The molecule has 156 valence electrons. The van der Waals surface area contributed by atoms with E-state index in [1.807, 2.05) is 32.9 Å². The van der Waals surface area contributed by atoms with Crippen molar-refractivity contribution in [1.29, 1.82) is 0 Å².